The fraction of sp³-hybridized carbons (Fsp3) is 0.308. The maximum absolute atomic E-state index is 13.8. The lowest BCUT2D eigenvalue weighted by molar-refractivity contribution is -0.163. The summed E-state index contributed by atoms with van der Waals surface area (Å²) in [6, 6.07) is 18.4. The number of halogens is 1. The second-order valence-corrected chi connectivity index (χ2v) is 11.9. The molecule has 0 saturated carbocycles. The minimum absolute atomic E-state index is 0.0137. The number of thioether (sulfide) groups is 1. The number of carbonyl (C=O) groups excluding carboxylic acids is 3. The van der Waals surface area contributed by atoms with Gasteiger partial charge in [-0.3, -0.25) is 14.4 Å². The van der Waals surface area contributed by atoms with Crippen LogP contribution in [-0.4, -0.2) is 73.0 Å². The minimum atomic E-state index is -0.904. The summed E-state index contributed by atoms with van der Waals surface area (Å²) >= 11 is 4.53. The molecule has 2 fully saturated rings. The molecule has 2 aromatic carbocycles. The van der Waals surface area contributed by atoms with Gasteiger partial charge in [-0.25, -0.2) is 0 Å². The van der Waals surface area contributed by atoms with Gasteiger partial charge in [0.2, 0.25) is 17.4 Å². The van der Waals surface area contributed by atoms with Crippen molar-refractivity contribution >= 4 is 74.5 Å². The average Bonchev–Trinajstić information content (AvgIpc) is 3.43. The van der Waals surface area contributed by atoms with Crippen molar-refractivity contribution in [2.75, 3.05) is 29.6 Å². The number of oxime groups is 1. The summed E-state index contributed by atoms with van der Waals surface area (Å²) in [5, 5.41) is 6.27. The van der Waals surface area contributed by atoms with Crippen molar-refractivity contribution in [1.29, 1.82) is 0 Å². The van der Waals surface area contributed by atoms with E-state index in [9.17, 15) is 14.4 Å². The van der Waals surface area contributed by atoms with E-state index in [0.29, 0.717) is 10.2 Å². The molecule has 11 nitrogen and oxygen atoms in total. The molecule has 0 spiro atoms. The third kappa shape index (κ3) is 5.51. The molecule has 3 N–H and O–H groups in total. The van der Waals surface area contributed by atoms with Crippen molar-refractivity contribution in [2.24, 2.45) is 10.6 Å². The van der Waals surface area contributed by atoms with Crippen LogP contribution in [0.15, 0.2) is 65.8 Å². The third-order valence-electron chi connectivity index (χ3n) is 6.60. The largest absolute Gasteiger partial charge is 0.452 e. The molecule has 2 aliphatic rings. The van der Waals surface area contributed by atoms with E-state index in [-0.39, 0.29) is 40.5 Å². The van der Waals surface area contributed by atoms with Crippen LogP contribution in [0.1, 0.15) is 23.1 Å². The number of benzene rings is 2. The van der Waals surface area contributed by atoms with E-state index in [1.807, 2.05) is 60.7 Å². The number of fused-ring (bicyclic) bond motifs is 1. The molecule has 2 unspecified atom stereocenters. The number of nitrogens with zero attached hydrogens (tertiary/aromatic N) is 4. The van der Waals surface area contributed by atoms with Crippen molar-refractivity contribution in [3.8, 4) is 0 Å². The Morgan fingerprint density at radius 1 is 1.20 bits per heavy atom. The molecule has 0 aliphatic carbocycles. The minimum Gasteiger partial charge on any atom is -0.452 e. The predicted octanol–water partition coefficient (Wildman–Crippen LogP) is 2.62. The first-order valence-corrected chi connectivity index (χ1v) is 15.5. The van der Waals surface area contributed by atoms with Gasteiger partial charge in [0.05, 0.1) is 0 Å². The van der Waals surface area contributed by atoms with Crippen LogP contribution < -0.4 is 11.1 Å². The maximum Gasteiger partial charge on any atom is 0.316 e. The molecule has 14 heteroatoms. The number of amides is 2. The van der Waals surface area contributed by atoms with Gasteiger partial charge in [-0.1, -0.05) is 88.4 Å². The Kier molecular flexibility index (Phi) is 8.56. The fourth-order valence-electron chi connectivity index (χ4n) is 4.52. The summed E-state index contributed by atoms with van der Waals surface area (Å²) in [4.78, 5) is 50.3. The Hall–Kier alpha value is -3.24. The van der Waals surface area contributed by atoms with Gasteiger partial charge >= 0.3 is 5.97 Å². The number of aromatic nitrogens is 2. The molecule has 0 bridgehead atoms. The Labute approximate surface area is 252 Å². The van der Waals surface area contributed by atoms with E-state index in [1.165, 1.54) is 18.9 Å². The molecule has 2 saturated heterocycles. The van der Waals surface area contributed by atoms with Gasteiger partial charge in [-0.05, 0) is 11.1 Å². The van der Waals surface area contributed by atoms with Gasteiger partial charge < -0.3 is 25.5 Å². The predicted molar refractivity (Wildman–Crippen MR) is 160 cm³/mol. The quantitative estimate of drug-likeness (QED) is 0.0863. The monoisotopic (exact) mass is 692 g/mol. The van der Waals surface area contributed by atoms with Gasteiger partial charge in [0.1, 0.15) is 23.9 Å². The Morgan fingerprint density at radius 2 is 1.85 bits per heavy atom. The van der Waals surface area contributed by atoms with Crippen LogP contribution in [0, 0.1) is 5.41 Å². The van der Waals surface area contributed by atoms with Gasteiger partial charge in [0, 0.05) is 28.3 Å². The molecule has 2 amide bonds. The van der Waals surface area contributed by atoms with Crippen LogP contribution in [-0.2, 0) is 24.0 Å². The van der Waals surface area contributed by atoms with Crippen molar-refractivity contribution in [3.63, 3.8) is 0 Å². The zero-order chi connectivity index (χ0) is 28.3. The second-order valence-electron chi connectivity index (χ2n) is 9.22. The second kappa shape index (κ2) is 12.1. The number of rotatable bonds is 9. The number of alkyl halides is 1. The Balaban J connectivity index is 1.29. The zero-order valence-corrected chi connectivity index (χ0v) is 25.0. The van der Waals surface area contributed by atoms with E-state index < -0.39 is 23.5 Å². The molecule has 3 heterocycles. The van der Waals surface area contributed by atoms with Gasteiger partial charge in [0.15, 0.2) is 11.2 Å². The van der Waals surface area contributed by atoms with Crippen LogP contribution in [0.2, 0.25) is 0 Å². The summed E-state index contributed by atoms with van der Waals surface area (Å²) in [6.07, 6.45) is -0.580. The number of esters is 1. The van der Waals surface area contributed by atoms with Gasteiger partial charge in [0.25, 0.3) is 5.91 Å². The van der Waals surface area contributed by atoms with Crippen molar-refractivity contribution < 1.29 is 24.0 Å². The number of β-lactam (4-membered cyclic amide) rings is 1. The average molecular weight is 693 g/mol. The summed E-state index contributed by atoms with van der Waals surface area (Å²) in [7, 11) is 1.29. The third-order valence-corrected chi connectivity index (χ3v) is 10.2. The zero-order valence-electron chi connectivity index (χ0n) is 21.2. The lowest BCUT2D eigenvalue weighted by Crippen LogP contribution is -2.74. The van der Waals surface area contributed by atoms with Crippen molar-refractivity contribution in [1.82, 2.24) is 19.6 Å². The number of ether oxygens (including phenoxy) is 1. The standard InChI is InChI=1S/C26H25IN6O5S2/c1-37-31-17(20-30-25(28)40-32-20)21(34)29-18-22(35)33-13-26(12-27,14-39-23(18)33)24(36)38-19(15-8-4-2-5-9-15)16-10-6-3-7-11-16/h2-11,18-19,23H,12-14H2,1H3,(H,29,34)(H2,28,30,32)/t18?,23-,26?/m1/s1. The number of nitrogens with one attached hydrogen (secondary N) is 1. The van der Waals surface area contributed by atoms with E-state index in [4.69, 9.17) is 15.3 Å². The van der Waals surface area contributed by atoms with Gasteiger partial charge in [-0.15, -0.1) is 11.8 Å². The number of anilines is 1. The summed E-state index contributed by atoms with van der Waals surface area (Å²) in [5.41, 5.74) is 6.27. The molecule has 2 aliphatic heterocycles. The maximum atomic E-state index is 13.8. The topological polar surface area (TPSA) is 149 Å². The number of carbonyl (C=O) groups is 3. The van der Waals surface area contributed by atoms with Crippen molar-refractivity contribution in [3.05, 3.63) is 77.6 Å². The van der Waals surface area contributed by atoms with Crippen LogP contribution in [0.25, 0.3) is 0 Å². The summed E-state index contributed by atoms with van der Waals surface area (Å²) in [6.45, 7) is 0.192. The number of hydrogen-bond donors (Lipinski definition) is 2. The first-order chi connectivity index (χ1) is 19.4. The van der Waals surface area contributed by atoms with E-state index >= 15 is 0 Å². The van der Waals surface area contributed by atoms with Crippen LogP contribution in [0.4, 0.5) is 5.13 Å². The molecular weight excluding hydrogens is 667 g/mol. The number of hydrogen-bond acceptors (Lipinski definition) is 11. The Morgan fingerprint density at radius 3 is 2.40 bits per heavy atom. The summed E-state index contributed by atoms with van der Waals surface area (Å²) < 4.78 is 10.6. The normalized spacial score (nSPS) is 22.3. The first kappa shape index (κ1) is 28.3. The van der Waals surface area contributed by atoms with E-state index in [0.717, 1.165) is 22.7 Å². The van der Waals surface area contributed by atoms with E-state index in [2.05, 4.69) is 42.4 Å². The molecule has 208 valence electrons. The van der Waals surface area contributed by atoms with Crippen LogP contribution in [0.5, 0.6) is 0 Å². The number of nitrogens with two attached hydrogens (primary N) is 1. The highest BCUT2D eigenvalue weighted by molar-refractivity contribution is 14.1. The lowest BCUT2D eigenvalue weighted by Gasteiger charge is -2.53. The first-order valence-electron chi connectivity index (χ1n) is 12.2. The Bertz CT molecular complexity index is 1390. The lowest BCUT2D eigenvalue weighted by atomic mass is 9.89. The molecule has 3 atom stereocenters. The molecule has 40 heavy (non-hydrogen) atoms. The van der Waals surface area contributed by atoms with Crippen molar-refractivity contribution in [2.45, 2.75) is 17.5 Å². The summed E-state index contributed by atoms with van der Waals surface area (Å²) in [5.74, 6) is -0.878. The smallest absolute Gasteiger partial charge is 0.316 e. The fourth-order valence-corrected chi connectivity index (χ4v) is 7.68. The molecule has 0 radical (unpaired) electrons. The number of nitrogen functional groups attached to an aromatic ring is 1. The SMILES string of the molecule is CON=C(C(=O)NC1C(=O)N2CC(CI)(C(=O)OC(c3ccccc3)c3ccccc3)CS[C@H]12)c1nsc(N)n1. The molecule has 5 rings (SSSR count). The van der Waals surface area contributed by atoms with Gasteiger partial charge in [-0.2, -0.15) is 9.36 Å². The van der Waals surface area contributed by atoms with Crippen LogP contribution in [0.3, 0.4) is 0 Å². The molecular formula is C26H25IN6O5S2. The molecule has 3 aromatic rings. The van der Waals surface area contributed by atoms with Crippen LogP contribution >= 0.6 is 45.9 Å². The highest BCUT2D eigenvalue weighted by atomic mass is 127. The molecule has 1 aromatic heterocycles. The van der Waals surface area contributed by atoms with E-state index in [1.54, 1.807) is 4.90 Å². The highest BCUT2D eigenvalue weighted by Gasteiger charge is 2.58. The highest BCUT2D eigenvalue weighted by Crippen LogP contribution is 2.44.